The van der Waals surface area contributed by atoms with Gasteiger partial charge in [-0.2, -0.15) is 0 Å². The molecule has 0 radical (unpaired) electrons. The Morgan fingerprint density at radius 3 is 2.48 bits per heavy atom. The van der Waals surface area contributed by atoms with Gasteiger partial charge in [-0.3, -0.25) is 9.79 Å². The second-order valence-corrected chi connectivity index (χ2v) is 6.38. The molecule has 0 aliphatic heterocycles. The summed E-state index contributed by atoms with van der Waals surface area (Å²) in [4.78, 5) is 15.9. The fraction of sp³-hybridized carbons (Fsp3) is 0.529. The van der Waals surface area contributed by atoms with Gasteiger partial charge in [-0.05, 0) is 44.9 Å². The van der Waals surface area contributed by atoms with Crippen molar-refractivity contribution in [2.45, 2.75) is 39.8 Å². The molecular formula is C17H28N4O2. The molecule has 0 saturated heterocycles. The van der Waals surface area contributed by atoms with E-state index in [2.05, 4.69) is 27.0 Å². The van der Waals surface area contributed by atoms with Crippen molar-refractivity contribution in [2.75, 3.05) is 20.7 Å². The van der Waals surface area contributed by atoms with Crippen LogP contribution in [0, 0.1) is 6.92 Å². The second-order valence-electron chi connectivity index (χ2n) is 6.38. The molecule has 1 aromatic carbocycles. The van der Waals surface area contributed by atoms with Crippen molar-refractivity contribution in [3.05, 3.63) is 29.3 Å². The molecule has 3 N–H and O–H groups in total. The molecule has 0 atom stereocenters. The molecule has 0 fully saturated rings. The predicted octanol–water partition coefficient (Wildman–Crippen LogP) is 1.58. The van der Waals surface area contributed by atoms with Crippen LogP contribution in [0.3, 0.4) is 0 Å². The molecule has 0 aromatic heterocycles. The summed E-state index contributed by atoms with van der Waals surface area (Å²) in [6, 6.07) is 6.00. The summed E-state index contributed by atoms with van der Waals surface area (Å²) in [6.07, 6.45) is 0. The van der Waals surface area contributed by atoms with Crippen molar-refractivity contribution < 1.29 is 9.53 Å². The van der Waals surface area contributed by atoms with E-state index in [0.717, 1.165) is 16.9 Å². The van der Waals surface area contributed by atoms with Gasteiger partial charge in [0.2, 0.25) is 5.91 Å². The fourth-order valence-corrected chi connectivity index (χ4v) is 2.08. The quantitative estimate of drug-likeness (QED) is 0.569. The average Bonchev–Trinajstić information content (AvgIpc) is 2.45. The molecule has 0 bridgehead atoms. The number of carbonyl (C=O) groups is 1. The first-order valence-electron chi connectivity index (χ1n) is 7.64. The van der Waals surface area contributed by atoms with Crippen LogP contribution in [-0.2, 0) is 11.3 Å². The SMILES string of the molecule is CN=C(NCC(=O)NC(C)(C)C)NCc1ccc(OC)c(C)c1. The van der Waals surface area contributed by atoms with E-state index in [4.69, 9.17) is 4.74 Å². The maximum atomic E-state index is 11.8. The monoisotopic (exact) mass is 320 g/mol. The Morgan fingerprint density at radius 1 is 1.26 bits per heavy atom. The summed E-state index contributed by atoms with van der Waals surface area (Å²) in [7, 11) is 3.34. The molecule has 6 nitrogen and oxygen atoms in total. The number of benzene rings is 1. The molecule has 0 spiro atoms. The van der Waals surface area contributed by atoms with Gasteiger partial charge in [-0.15, -0.1) is 0 Å². The molecule has 6 heteroatoms. The zero-order valence-corrected chi connectivity index (χ0v) is 14.9. The van der Waals surface area contributed by atoms with E-state index in [1.165, 1.54) is 0 Å². The summed E-state index contributed by atoms with van der Waals surface area (Å²) in [5, 5.41) is 9.08. The van der Waals surface area contributed by atoms with Gasteiger partial charge in [0.05, 0.1) is 13.7 Å². The lowest BCUT2D eigenvalue weighted by Crippen LogP contribution is -2.48. The lowest BCUT2D eigenvalue weighted by Gasteiger charge is -2.21. The zero-order chi connectivity index (χ0) is 17.5. The Hall–Kier alpha value is -2.24. The number of hydrogen-bond donors (Lipinski definition) is 3. The first-order valence-corrected chi connectivity index (χ1v) is 7.64. The third-order valence-electron chi connectivity index (χ3n) is 3.07. The number of rotatable bonds is 5. The number of nitrogens with zero attached hydrogens (tertiary/aromatic N) is 1. The van der Waals surface area contributed by atoms with Crippen LogP contribution < -0.4 is 20.7 Å². The van der Waals surface area contributed by atoms with E-state index in [1.54, 1.807) is 14.2 Å². The summed E-state index contributed by atoms with van der Waals surface area (Å²) >= 11 is 0. The molecule has 1 amide bonds. The smallest absolute Gasteiger partial charge is 0.239 e. The molecule has 0 aliphatic carbocycles. The first kappa shape index (κ1) is 18.8. The minimum Gasteiger partial charge on any atom is -0.496 e. The Kier molecular flexibility index (Phi) is 6.88. The molecule has 0 saturated carbocycles. The van der Waals surface area contributed by atoms with E-state index in [0.29, 0.717) is 12.5 Å². The maximum absolute atomic E-state index is 11.8. The molecule has 23 heavy (non-hydrogen) atoms. The van der Waals surface area contributed by atoms with E-state index < -0.39 is 0 Å². The Bertz CT molecular complexity index is 562. The maximum Gasteiger partial charge on any atom is 0.239 e. The Morgan fingerprint density at radius 2 is 1.96 bits per heavy atom. The van der Waals surface area contributed by atoms with Crippen LogP contribution in [0.2, 0.25) is 0 Å². The normalized spacial score (nSPS) is 11.8. The lowest BCUT2D eigenvalue weighted by molar-refractivity contribution is -0.121. The zero-order valence-electron chi connectivity index (χ0n) is 14.9. The van der Waals surface area contributed by atoms with Crippen LogP contribution in [0.15, 0.2) is 23.2 Å². The molecule has 0 aliphatic rings. The van der Waals surface area contributed by atoms with Crippen molar-refractivity contribution >= 4 is 11.9 Å². The minimum atomic E-state index is -0.240. The fourth-order valence-electron chi connectivity index (χ4n) is 2.08. The van der Waals surface area contributed by atoms with E-state index in [1.807, 2.05) is 39.8 Å². The summed E-state index contributed by atoms with van der Waals surface area (Å²) in [5.74, 6) is 1.39. The summed E-state index contributed by atoms with van der Waals surface area (Å²) in [5.41, 5.74) is 1.96. The molecule has 1 rings (SSSR count). The highest BCUT2D eigenvalue weighted by Crippen LogP contribution is 2.18. The standard InChI is InChI=1S/C17H28N4O2/c1-12-9-13(7-8-14(12)23-6)10-19-16(18-5)20-11-15(22)21-17(2,3)4/h7-9H,10-11H2,1-6H3,(H,21,22)(H2,18,19,20). The van der Waals surface area contributed by atoms with Crippen LogP contribution in [0.5, 0.6) is 5.75 Å². The van der Waals surface area contributed by atoms with E-state index in [9.17, 15) is 4.79 Å². The molecular weight excluding hydrogens is 292 g/mol. The van der Waals surface area contributed by atoms with Crippen LogP contribution in [0.25, 0.3) is 0 Å². The van der Waals surface area contributed by atoms with Crippen molar-refractivity contribution in [1.29, 1.82) is 0 Å². The highest BCUT2D eigenvalue weighted by molar-refractivity contribution is 5.86. The first-order chi connectivity index (χ1) is 10.7. The number of aryl methyl sites for hydroxylation is 1. The number of amides is 1. The second kappa shape index (κ2) is 8.41. The molecule has 1 aromatic rings. The number of aliphatic imine (C=N–C) groups is 1. The van der Waals surface area contributed by atoms with Crippen molar-refractivity contribution in [1.82, 2.24) is 16.0 Å². The van der Waals surface area contributed by atoms with Crippen molar-refractivity contribution in [2.24, 2.45) is 4.99 Å². The van der Waals surface area contributed by atoms with Gasteiger partial charge in [0, 0.05) is 19.1 Å². The highest BCUT2D eigenvalue weighted by atomic mass is 16.5. The summed E-state index contributed by atoms with van der Waals surface area (Å²) in [6.45, 7) is 8.65. The van der Waals surface area contributed by atoms with Crippen LogP contribution in [0.1, 0.15) is 31.9 Å². The minimum absolute atomic E-state index is 0.0688. The highest BCUT2D eigenvalue weighted by Gasteiger charge is 2.13. The van der Waals surface area contributed by atoms with Gasteiger partial charge >= 0.3 is 0 Å². The summed E-state index contributed by atoms with van der Waals surface area (Å²) < 4.78 is 5.25. The van der Waals surface area contributed by atoms with Gasteiger partial charge in [-0.25, -0.2) is 0 Å². The van der Waals surface area contributed by atoms with Gasteiger partial charge in [0.1, 0.15) is 5.75 Å². The third kappa shape index (κ3) is 7.04. The van der Waals surface area contributed by atoms with Gasteiger partial charge in [0.25, 0.3) is 0 Å². The van der Waals surface area contributed by atoms with Gasteiger partial charge in [0.15, 0.2) is 5.96 Å². The predicted molar refractivity (Wildman–Crippen MR) is 93.8 cm³/mol. The number of nitrogens with one attached hydrogen (secondary N) is 3. The number of methoxy groups -OCH3 is 1. The van der Waals surface area contributed by atoms with Gasteiger partial charge < -0.3 is 20.7 Å². The van der Waals surface area contributed by atoms with Crippen LogP contribution in [-0.4, -0.2) is 38.1 Å². The third-order valence-corrected chi connectivity index (χ3v) is 3.07. The molecule has 0 heterocycles. The Labute approximate surface area is 138 Å². The van der Waals surface area contributed by atoms with Gasteiger partial charge in [-0.1, -0.05) is 12.1 Å². The average molecular weight is 320 g/mol. The molecule has 0 unspecified atom stereocenters. The van der Waals surface area contributed by atoms with Crippen molar-refractivity contribution in [3.63, 3.8) is 0 Å². The number of carbonyl (C=O) groups excluding carboxylic acids is 1. The number of guanidine groups is 1. The molecule has 128 valence electrons. The largest absolute Gasteiger partial charge is 0.496 e. The van der Waals surface area contributed by atoms with Crippen LogP contribution in [0.4, 0.5) is 0 Å². The lowest BCUT2D eigenvalue weighted by atomic mass is 10.1. The number of ether oxygens (including phenoxy) is 1. The topological polar surface area (TPSA) is 74.8 Å². The van der Waals surface area contributed by atoms with E-state index >= 15 is 0 Å². The van der Waals surface area contributed by atoms with Crippen molar-refractivity contribution in [3.8, 4) is 5.75 Å². The Balaban J connectivity index is 2.48. The number of hydrogen-bond acceptors (Lipinski definition) is 3. The van der Waals surface area contributed by atoms with E-state index in [-0.39, 0.29) is 18.0 Å². The van der Waals surface area contributed by atoms with Crippen LogP contribution >= 0.6 is 0 Å².